The van der Waals surface area contributed by atoms with Crippen molar-refractivity contribution >= 4 is 28.8 Å². The summed E-state index contributed by atoms with van der Waals surface area (Å²) < 4.78 is 21.6. The number of allylic oxidation sites excluding steroid dienone is 1. The highest BCUT2D eigenvalue weighted by Crippen LogP contribution is 2.39. The normalized spacial score (nSPS) is 14.4. The monoisotopic (exact) mass is 455 g/mol. The lowest BCUT2D eigenvalue weighted by atomic mass is 9.90. The van der Waals surface area contributed by atoms with E-state index < -0.39 is 0 Å². The number of aromatic nitrogens is 2. The number of ether oxygens (including phenoxy) is 1. The van der Waals surface area contributed by atoms with Gasteiger partial charge in [0.15, 0.2) is 5.15 Å². The Bertz CT molecular complexity index is 1250. The molecule has 0 bridgehead atoms. The highest BCUT2D eigenvalue weighted by atomic mass is 35.5. The fraction of sp³-hybridized carbons (Fsp3) is 0.250. The Morgan fingerprint density at radius 3 is 2.68 bits per heavy atom. The van der Waals surface area contributed by atoms with Crippen molar-refractivity contribution in [3.63, 3.8) is 0 Å². The van der Waals surface area contributed by atoms with Crippen LogP contribution in [-0.4, -0.2) is 9.55 Å². The summed E-state index contributed by atoms with van der Waals surface area (Å²) in [6.45, 7) is 6.59. The Labute approximate surface area is 190 Å². The highest BCUT2D eigenvalue weighted by molar-refractivity contribution is 6.40. The molecule has 0 radical (unpaired) electrons. The van der Waals surface area contributed by atoms with E-state index in [4.69, 9.17) is 27.9 Å². The zero-order valence-corrected chi connectivity index (χ0v) is 18.9. The Hall–Kier alpha value is -2.81. The summed E-state index contributed by atoms with van der Waals surface area (Å²) in [5.74, 6) is 1.01. The van der Waals surface area contributed by atoms with Crippen LogP contribution < -0.4 is 4.74 Å². The minimum absolute atomic E-state index is 0.159. The first-order valence-electron chi connectivity index (χ1n) is 9.87. The van der Waals surface area contributed by atoms with Crippen LogP contribution in [0.2, 0.25) is 10.3 Å². The molecule has 0 N–H and O–H groups in total. The van der Waals surface area contributed by atoms with Crippen LogP contribution in [0.3, 0.4) is 0 Å². The Morgan fingerprint density at radius 1 is 1.23 bits per heavy atom. The molecule has 0 saturated carbocycles. The van der Waals surface area contributed by atoms with Crippen LogP contribution in [0, 0.1) is 17.1 Å². The van der Waals surface area contributed by atoms with Gasteiger partial charge in [-0.3, -0.25) is 0 Å². The molecule has 3 aromatic rings. The molecule has 0 atom stereocenters. The van der Waals surface area contributed by atoms with Crippen molar-refractivity contribution in [2.24, 2.45) is 0 Å². The molecule has 4 rings (SSSR count). The molecule has 2 aromatic carbocycles. The van der Waals surface area contributed by atoms with Gasteiger partial charge in [-0.05, 0) is 41.8 Å². The summed E-state index contributed by atoms with van der Waals surface area (Å²) in [4.78, 5) is 4.38. The Balaban J connectivity index is 1.81. The average Bonchev–Trinajstić information content (AvgIpc) is 2.93. The maximum Gasteiger partial charge on any atom is 0.166 e. The summed E-state index contributed by atoms with van der Waals surface area (Å²) in [5, 5.41) is 10.3. The lowest BCUT2D eigenvalue weighted by Crippen LogP contribution is -2.08. The fourth-order valence-electron chi connectivity index (χ4n) is 3.88. The Kier molecular flexibility index (Phi) is 5.79. The molecule has 1 aliphatic heterocycles. The molecule has 1 aromatic heterocycles. The topological polar surface area (TPSA) is 50.8 Å². The molecule has 4 nitrogen and oxygen atoms in total. The van der Waals surface area contributed by atoms with Crippen LogP contribution >= 0.6 is 23.2 Å². The van der Waals surface area contributed by atoms with Crippen LogP contribution in [0.1, 0.15) is 54.8 Å². The van der Waals surface area contributed by atoms with Gasteiger partial charge in [0.25, 0.3) is 0 Å². The maximum atomic E-state index is 13.8. The van der Waals surface area contributed by atoms with Gasteiger partial charge in [-0.2, -0.15) is 5.26 Å². The van der Waals surface area contributed by atoms with Crippen LogP contribution in [0.15, 0.2) is 42.0 Å². The largest absolute Gasteiger partial charge is 0.488 e. The molecule has 2 heterocycles. The number of hydrogen-bond acceptors (Lipinski definition) is 3. The second kappa shape index (κ2) is 8.37. The second-order valence-corrected chi connectivity index (χ2v) is 8.54. The van der Waals surface area contributed by atoms with Crippen LogP contribution in [0.5, 0.6) is 5.75 Å². The van der Waals surface area contributed by atoms with E-state index in [9.17, 15) is 9.65 Å². The predicted molar refractivity (Wildman–Crippen MR) is 120 cm³/mol. The molecule has 0 aliphatic carbocycles. The summed E-state index contributed by atoms with van der Waals surface area (Å²) in [6.07, 6.45) is 0. The maximum absolute atomic E-state index is 13.8. The molecular formula is C24H20Cl2FN3O. The molecular weight excluding hydrogens is 436 g/mol. The summed E-state index contributed by atoms with van der Waals surface area (Å²) in [7, 11) is 0. The Morgan fingerprint density at radius 2 is 1.97 bits per heavy atom. The molecule has 1 aliphatic rings. The molecule has 0 amide bonds. The number of nitriles is 1. The van der Waals surface area contributed by atoms with E-state index in [1.54, 1.807) is 13.0 Å². The van der Waals surface area contributed by atoms with Crippen molar-refractivity contribution in [2.45, 2.75) is 39.8 Å². The highest BCUT2D eigenvalue weighted by Gasteiger charge is 2.23. The molecule has 7 heteroatoms. The van der Waals surface area contributed by atoms with Gasteiger partial charge in [0.2, 0.25) is 0 Å². The summed E-state index contributed by atoms with van der Waals surface area (Å²) in [5.41, 5.74) is 4.80. The number of halogens is 3. The minimum atomic E-state index is -0.382. The van der Waals surface area contributed by atoms with Gasteiger partial charge in [-0.1, -0.05) is 49.2 Å². The lowest BCUT2D eigenvalue weighted by molar-refractivity contribution is 0.305. The standard InChI is InChI=1S/C24H20Cl2FN3O/c1-13(2)24-29-22(25)23(26)30(24)11-15-4-6-18-16(8-15)12-31-20-9-17(27)5-7-19(20)21(18)14(3)10-28/h4-9,13H,11-12H2,1-3H3/b21-14+. The van der Waals surface area contributed by atoms with Crippen LogP contribution in [0.4, 0.5) is 4.39 Å². The average molecular weight is 456 g/mol. The first-order valence-corrected chi connectivity index (χ1v) is 10.6. The zero-order valence-electron chi connectivity index (χ0n) is 17.3. The molecule has 31 heavy (non-hydrogen) atoms. The van der Waals surface area contributed by atoms with E-state index in [1.165, 1.54) is 12.1 Å². The first-order chi connectivity index (χ1) is 14.8. The third kappa shape index (κ3) is 3.94. The SMILES string of the molecule is C/C(C#N)=C1/c2ccc(Cn3c(C(C)C)nc(Cl)c3Cl)cc2COc2cc(F)ccc21. The molecule has 0 unspecified atom stereocenters. The van der Waals surface area contributed by atoms with Gasteiger partial charge in [-0.25, -0.2) is 9.37 Å². The van der Waals surface area contributed by atoms with Gasteiger partial charge in [0, 0.05) is 28.7 Å². The van der Waals surface area contributed by atoms with Crippen LogP contribution in [0.25, 0.3) is 5.57 Å². The molecule has 0 fully saturated rings. The van der Waals surface area contributed by atoms with E-state index in [0.717, 1.165) is 28.1 Å². The van der Waals surface area contributed by atoms with E-state index in [1.807, 2.05) is 36.6 Å². The van der Waals surface area contributed by atoms with E-state index in [0.29, 0.717) is 28.6 Å². The van der Waals surface area contributed by atoms with Gasteiger partial charge in [0.1, 0.15) is 29.2 Å². The number of nitrogens with zero attached hydrogens (tertiary/aromatic N) is 3. The van der Waals surface area contributed by atoms with Crippen molar-refractivity contribution in [3.8, 4) is 11.8 Å². The molecule has 0 saturated heterocycles. The van der Waals surface area contributed by atoms with Crippen molar-refractivity contribution in [1.29, 1.82) is 5.26 Å². The number of rotatable bonds is 3. The van der Waals surface area contributed by atoms with E-state index in [2.05, 4.69) is 11.1 Å². The van der Waals surface area contributed by atoms with Crippen molar-refractivity contribution < 1.29 is 9.13 Å². The lowest BCUT2D eigenvalue weighted by Gasteiger charge is -2.15. The quantitative estimate of drug-likeness (QED) is 0.410. The third-order valence-corrected chi connectivity index (χ3v) is 6.07. The van der Waals surface area contributed by atoms with Crippen molar-refractivity contribution in [3.05, 3.63) is 86.2 Å². The van der Waals surface area contributed by atoms with E-state index in [-0.39, 0.29) is 23.5 Å². The zero-order chi connectivity index (χ0) is 22.3. The smallest absolute Gasteiger partial charge is 0.166 e. The second-order valence-electron chi connectivity index (χ2n) is 7.82. The van der Waals surface area contributed by atoms with Gasteiger partial charge < -0.3 is 9.30 Å². The van der Waals surface area contributed by atoms with E-state index >= 15 is 0 Å². The molecule has 0 spiro atoms. The van der Waals surface area contributed by atoms with Crippen molar-refractivity contribution in [1.82, 2.24) is 9.55 Å². The van der Waals surface area contributed by atoms with Crippen LogP contribution in [-0.2, 0) is 13.2 Å². The summed E-state index contributed by atoms with van der Waals surface area (Å²) >= 11 is 12.6. The third-order valence-electron chi connectivity index (χ3n) is 5.33. The fourth-order valence-corrected chi connectivity index (χ4v) is 4.26. The van der Waals surface area contributed by atoms with Gasteiger partial charge in [-0.15, -0.1) is 0 Å². The van der Waals surface area contributed by atoms with Gasteiger partial charge in [0.05, 0.1) is 12.6 Å². The minimum Gasteiger partial charge on any atom is -0.488 e. The number of benzene rings is 2. The number of imidazole rings is 1. The number of hydrogen-bond donors (Lipinski definition) is 0. The number of fused-ring (bicyclic) bond motifs is 2. The van der Waals surface area contributed by atoms with Crippen molar-refractivity contribution in [2.75, 3.05) is 0 Å². The molecule has 158 valence electrons. The van der Waals surface area contributed by atoms with Gasteiger partial charge >= 0.3 is 0 Å². The predicted octanol–water partition coefficient (Wildman–Crippen LogP) is 6.74. The first kappa shape index (κ1) is 21.4. The summed E-state index contributed by atoms with van der Waals surface area (Å²) in [6, 6.07) is 12.6.